The molecule has 0 aliphatic carbocycles. The van der Waals surface area contributed by atoms with Gasteiger partial charge in [0.1, 0.15) is 61.0 Å². The van der Waals surface area contributed by atoms with Gasteiger partial charge < -0.3 is 86.4 Å². The van der Waals surface area contributed by atoms with Crippen molar-refractivity contribution in [1.29, 1.82) is 0 Å². The third kappa shape index (κ3) is 43.6. The first kappa shape index (κ1) is 102. The van der Waals surface area contributed by atoms with E-state index in [0.717, 1.165) is 56.1 Å². The molecule has 2 N–H and O–H groups in total. The molecule has 656 valence electrons. The fourth-order valence-electron chi connectivity index (χ4n) is 12.7. The van der Waals surface area contributed by atoms with Gasteiger partial charge in [-0.25, -0.2) is 0 Å². The highest BCUT2D eigenvalue weighted by molar-refractivity contribution is 5.78. The van der Waals surface area contributed by atoms with Crippen LogP contribution < -0.4 is 20.1 Å². The molecule has 0 aromatic heterocycles. The molecular formula is C84H148N8O22. The van der Waals surface area contributed by atoms with Crippen molar-refractivity contribution in [3.05, 3.63) is 59.7 Å². The minimum atomic E-state index is -0.824. The molecule has 0 spiro atoms. The molecular weight excluding hydrogens is 1470 g/mol. The number of nitrogens with one attached hydrogen (secondary N) is 2. The van der Waals surface area contributed by atoms with Gasteiger partial charge in [0.2, 0.25) is 0 Å². The Hall–Kier alpha value is -5.78. The SMILES string of the molecule is CCOCCOCCOc1ccc(CCC[C@@H](C(=O)OC)N2CCN([C@H](COC(C)(C)C)C(=O)OC)CCN([C@@H](COC(C)(C)C)C(=O)OC)CCN([C@@H](COC(C)(C)C)C(=O)OC)CC2)cc1.CCOCCOCCOc1ccc(CCC[C@@H](C(=O)OC)N2CCNCCNCCN([C@H](COC(C)(C)C)C(=O)OC)CC2)cc1. The van der Waals surface area contributed by atoms with E-state index in [2.05, 4.69) is 37.5 Å². The molecule has 0 amide bonds. The predicted octanol–water partition coefficient (Wildman–Crippen LogP) is 6.41. The summed E-state index contributed by atoms with van der Waals surface area (Å²) >= 11 is 0. The van der Waals surface area contributed by atoms with E-state index in [1.807, 2.05) is 148 Å². The summed E-state index contributed by atoms with van der Waals surface area (Å²) in [4.78, 5) is 93.3. The third-order valence-corrected chi connectivity index (χ3v) is 19.1. The van der Waals surface area contributed by atoms with Crippen LogP contribution in [0, 0.1) is 0 Å². The Kier molecular flexibility index (Phi) is 50.8. The lowest BCUT2D eigenvalue weighted by Gasteiger charge is -2.41. The number of ether oxygens (including phenoxy) is 16. The molecule has 4 rings (SSSR count). The zero-order chi connectivity index (χ0) is 84.5. The van der Waals surface area contributed by atoms with E-state index in [9.17, 15) is 28.8 Å². The summed E-state index contributed by atoms with van der Waals surface area (Å²) in [5.74, 6) is -0.850. The van der Waals surface area contributed by atoms with E-state index in [0.29, 0.717) is 157 Å². The first-order valence-electron chi connectivity index (χ1n) is 40.9. The van der Waals surface area contributed by atoms with Crippen molar-refractivity contribution in [2.24, 2.45) is 0 Å². The standard InChI is InChI=1S/C50H88N4O14.C34H60N4O8/c1-15-63-31-32-64-33-34-65-39-21-19-38(20-22-39)17-16-18-40(44(55)59-11)51-23-25-52(41(45(56)60-12)35-66-48(2,3)4)27-29-54(43(47(58)62-14)37-68-50(8,9)10)30-28-53(26-24-51)42(46(57)61-13)36-67-49(5,6)7;1-7-43-23-24-44-25-26-45-29-13-11-28(12-14-29)9-8-10-30(32(39)41-5)37-19-17-35-15-16-36-18-20-38(22-21-37)31(33(40)42-6)27-46-34(2,3)4/h19-22,40-43H,15-18,23-37H2,1-14H3;11-14,30-31,35-36H,7-10,15-27H2,1-6H3/t40-,41-,42+,43-;30-,31+/m00/s1. The summed E-state index contributed by atoms with van der Waals surface area (Å²) < 4.78 is 90.0. The molecule has 2 aromatic carbocycles. The highest BCUT2D eigenvalue weighted by atomic mass is 16.6. The average molecular weight is 1620 g/mol. The molecule has 0 bridgehead atoms. The van der Waals surface area contributed by atoms with Gasteiger partial charge in [-0.2, -0.15) is 0 Å². The lowest BCUT2D eigenvalue weighted by Crippen LogP contribution is -2.58. The number of aryl methyl sites for hydroxylation is 2. The fourth-order valence-corrected chi connectivity index (χ4v) is 12.7. The number of carbonyl (C=O) groups excluding carboxylic acids is 6. The molecule has 0 saturated carbocycles. The number of hydrogen-bond acceptors (Lipinski definition) is 30. The lowest BCUT2D eigenvalue weighted by atomic mass is 10.0. The summed E-state index contributed by atoms with van der Waals surface area (Å²) in [6.45, 7) is 40.9. The molecule has 30 heteroatoms. The molecule has 30 nitrogen and oxygen atoms in total. The Balaban J connectivity index is 0.000000635. The van der Waals surface area contributed by atoms with Gasteiger partial charge in [0.15, 0.2) is 0 Å². The predicted molar refractivity (Wildman–Crippen MR) is 437 cm³/mol. The van der Waals surface area contributed by atoms with Gasteiger partial charge in [-0.1, -0.05) is 24.3 Å². The maximum Gasteiger partial charge on any atom is 0.325 e. The van der Waals surface area contributed by atoms with Crippen LogP contribution in [0.5, 0.6) is 11.5 Å². The average Bonchev–Trinajstić information content (AvgIpc) is 0.835. The van der Waals surface area contributed by atoms with Crippen LogP contribution in [0.3, 0.4) is 0 Å². The summed E-state index contributed by atoms with van der Waals surface area (Å²) in [6, 6.07) is 11.9. The summed E-state index contributed by atoms with van der Waals surface area (Å²) in [5.41, 5.74) is 0.193. The molecule has 2 heterocycles. The van der Waals surface area contributed by atoms with E-state index in [1.165, 1.54) is 48.2 Å². The Labute approximate surface area is 682 Å². The van der Waals surface area contributed by atoms with E-state index in [1.54, 1.807) is 0 Å². The highest BCUT2D eigenvalue weighted by Gasteiger charge is 2.39. The van der Waals surface area contributed by atoms with Gasteiger partial charge >= 0.3 is 35.8 Å². The van der Waals surface area contributed by atoms with Crippen molar-refractivity contribution in [3.63, 3.8) is 0 Å². The Bertz CT molecular complexity index is 2880. The van der Waals surface area contributed by atoms with Crippen LogP contribution in [0.1, 0.15) is 134 Å². The van der Waals surface area contributed by atoms with Crippen molar-refractivity contribution >= 4 is 35.8 Å². The molecule has 2 aliphatic heterocycles. The van der Waals surface area contributed by atoms with Crippen LogP contribution in [0.4, 0.5) is 0 Å². The summed E-state index contributed by atoms with van der Waals surface area (Å²) in [7, 11) is 8.29. The fraction of sp³-hybridized carbons (Fsp3) is 0.786. The van der Waals surface area contributed by atoms with Crippen molar-refractivity contribution in [2.45, 2.75) is 194 Å². The molecule has 114 heavy (non-hydrogen) atoms. The van der Waals surface area contributed by atoms with Crippen molar-refractivity contribution in [1.82, 2.24) is 40.0 Å². The summed E-state index contributed by atoms with van der Waals surface area (Å²) in [6.07, 6.45) is 4.11. The van der Waals surface area contributed by atoms with Gasteiger partial charge in [0.25, 0.3) is 0 Å². The number of esters is 6. The maximum absolute atomic E-state index is 13.9. The largest absolute Gasteiger partial charge is 0.491 e. The van der Waals surface area contributed by atoms with Crippen molar-refractivity contribution in [2.75, 3.05) is 240 Å². The molecule has 2 aliphatic rings. The Morgan fingerprint density at radius 2 is 0.544 bits per heavy atom. The quantitative estimate of drug-likeness (QED) is 0.0411. The number of hydrogen-bond donors (Lipinski definition) is 2. The van der Waals surface area contributed by atoms with E-state index in [4.69, 9.17) is 75.8 Å². The summed E-state index contributed by atoms with van der Waals surface area (Å²) in [5, 5.41) is 6.91. The topological polar surface area (TPSA) is 294 Å². The van der Waals surface area contributed by atoms with Gasteiger partial charge in [-0.3, -0.25) is 58.2 Å². The number of nitrogens with zero attached hydrogens (tertiary/aromatic N) is 6. The van der Waals surface area contributed by atoms with Gasteiger partial charge in [0.05, 0.1) is 131 Å². The van der Waals surface area contributed by atoms with Crippen LogP contribution in [0.2, 0.25) is 0 Å². The van der Waals surface area contributed by atoms with E-state index >= 15 is 0 Å². The highest BCUT2D eigenvalue weighted by Crippen LogP contribution is 2.24. The first-order valence-corrected chi connectivity index (χ1v) is 40.9. The first-order chi connectivity index (χ1) is 54.2. The molecule has 6 atom stereocenters. The van der Waals surface area contributed by atoms with E-state index in [-0.39, 0.29) is 51.5 Å². The molecule has 2 saturated heterocycles. The monoisotopic (exact) mass is 1620 g/mol. The zero-order valence-electron chi connectivity index (χ0n) is 73.2. The van der Waals surface area contributed by atoms with E-state index < -0.39 is 82.5 Å². The smallest absolute Gasteiger partial charge is 0.325 e. The van der Waals surface area contributed by atoms with Gasteiger partial charge in [0, 0.05) is 118 Å². The molecule has 0 unspecified atom stereocenters. The second kappa shape index (κ2) is 56.6. The second-order valence-electron chi connectivity index (χ2n) is 32.0. The molecule has 2 fully saturated rings. The number of carbonyl (C=O) groups is 6. The van der Waals surface area contributed by atoms with Crippen LogP contribution in [-0.2, 0) is 108 Å². The Morgan fingerprint density at radius 3 is 0.798 bits per heavy atom. The third-order valence-electron chi connectivity index (χ3n) is 19.1. The van der Waals surface area contributed by atoms with Crippen molar-refractivity contribution in [3.8, 4) is 11.5 Å². The molecule has 2 aromatic rings. The normalized spacial score (nSPS) is 17.4. The van der Waals surface area contributed by atoms with Crippen LogP contribution in [0.15, 0.2) is 48.5 Å². The second-order valence-corrected chi connectivity index (χ2v) is 32.0. The lowest BCUT2D eigenvalue weighted by molar-refractivity contribution is -0.157. The maximum atomic E-state index is 13.9. The molecule has 0 radical (unpaired) electrons. The number of rotatable bonds is 44. The van der Waals surface area contributed by atoms with Crippen molar-refractivity contribution < 1.29 is 105 Å². The number of benzene rings is 2. The van der Waals surface area contributed by atoms with Crippen LogP contribution in [-0.4, -0.2) is 364 Å². The minimum Gasteiger partial charge on any atom is -0.491 e. The van der Waals surface area contributed by atoms with Crippen LogP contribution in [0.25, 0.3) is 0 Å². The van der Waals surface area contributed by atoms with Gasteiger partial charge in [-0.05, 0) is 171 Å². The van der Waals surface area contributed by atoms with Crippen LogP contribution >= 0.6 is 0 Å². The minimum absolute atomic E-state index is 0.0367. The van der Waals surface area contributed by atoms with Gasteiger partial charge in [-0.15, -0.1) is 0 Å². The zero-order valence-corrected chi connectivity index (χ0v) is 73.2. The number of methoxy groups -OCH3 is 6. The Morgan fingerprint density at radius 1 is 0.316 bits per heavy atom.